The lowest BCUT2D eigenvalue weighted by Crippen LogP contribution is -2.40. The Labute approximate surface area is 103 Å². The fraction of sp³-hybridized carbons (Fsp3) is 0.500. The zero-order valence-corrected chi connectivity index (χ0v) is 10.9. The number of hydrogen-bond acceptors (Lipinski definition) is 3. The Bertz CT molecular complexity index is 425. The number of rotatable bonds is 3. The van der Waals surface area contributed by atoms with Crippen molar-refractivity contribution >= 4 is 0 Å². The number of nitrogens with two attached hydrogens (primary N) is 1. The molecule has 0 aromatic heterocycles. The molecule has 0 saturated heterocycles. The predicted octanol–water partition coefficient (Wildman–Crippen LogP) is 2.60. The molecule has 17 heavy (non-hydrogen) atoms. The average molecular weight is 232 g/mol. The van der Waals surface area contributed by atoms with Crippen molar-refractivity contribution in [2.24, 2.45) is 5.73 Å². The van der Waals surface area contributed by atoms with Gasteiger partial charge in [0.25, 0.3) is 0 Å². The Morgan fingerprint density at radius 2 is 1.82 bits per heavy atom. The van der Waals surface area contributed by atoms with Crippen molar-refractivity contribution < 1.29 is 4.74 Å². The van der Waals surface area contributed by atoms with E-state index in [-0.39, 0.29) is 12.0 Å². The highest BCUT2D eigenvalue weighted by atomic mass is 16.5. The van der Waals surface area contributed by atoms with Crippen molar-refractivity contribution in [2.45, 2.75) is 38.6 Å². The van der Waals surface area contributed by atoms with Gasteiger partial charge < -0.3 is 10.5 Å². The molecule has 0 heterocycles. The molecule has 1 aromatic carbocycles. The summed E-state index contributed by atoms with van der Waals surface area (Å²) in [5, 5.41) is 8.85. The molecule has 0 bridgehead atoms. The number of ether oxygens (including phenoxy) is 1. The highest BCUT2D eigenvalue weighted by Gasteiger charge is 2.22. The van der Waals surface area contributed by atoms with Crippen LogP contribution >= 0.6 is 0 Å². The Kier molecular flexibility index (Phi) is 3.79. The maximum absolute atomic E-state index is 8.85. The topological polar surface area (TPSA) is 59.0 Å². The summed E-state index contributed by atoms with van der Waals surface area (Å²) >= 11 is 0. The van der Waals surface area contributed by atoms with E-state index < -0.39 is 5.54 Å². The zero-order valence-electron chi connectivity index (χ0n) is 10.9. The van der Waals surface area contributed by atoms with Crippen LogP contribution in [0.1, 0.15) is 33.3 Å². The Hall–Kier alpha value is -1.53. The maximum Gasteiger partial charge on any atom is 0.135 e. The zero-order chi connectivity index (χ0) is 13.1. The molecule has 0 spiro atoms. The minimum Gasteiger partial charge on any atom is -0.490 e. The SMILES string of the molecule is CC(N)(C#N)COc1ccccc1C(C)(C)C. The summed E-state index contributed by atoms with van der Waals surface area (Å²) in [6, 6.07) is 9.88. The van der Waals surface area contributed by atoms with E-state index in [2.05, 4.69) is 20.8 Å². The second-order valence-electron chi connectivity index (χ2n) is 5.56. The molecule has 1 rings (SSSR count). The molecular weight excluding hydrogens is 212 g/mol. The Morgan fingerprint density at radius 3 is 2.35 bits per heavy atom. The van der Waals surface area contributed by atoms with Gasteiger partial charge in [-0.05, 0) is 24.0 Å². The van der Waals surface area contributed by atoms with Gasteiger partial charge in [0.15, 0.2) is 0 Å². The molecule has 3 nitrogen and oxygen atoms in total. The first-order valence-corrected chi connectivity index (χ1v) is 5.69. The van der Waals surface area contributed by atoms with Crippen molar-refractivity contribution in [3.05, 3.63) is 29.8 Å². The molecule has 2 N–H and O–H groups in total. The average Bonchev–Trinajstić information content (AvgIpc) is 2.26. The standard InChI is InChI=1S/C14H20N2O/c1-13(2,3)11-7-5-6-8-12(11)17-10-14(4,16)9-15/h5-8H,10,16H2,1-4H3. The monoisotopic (exact) mass is 232 g/mol. The largest absolute Gasteiger partial charge is 0.490 e. The highest BCUT2D eigenvalue weighted by molar-refractivity contribution is 5.38. The first kappa shape index (κ1) is 13.5. The molecule has 1 aromatic rings. The normalized spacial score (nSPS) is 14.8. The second kappa shape index (κ2) is 4.77. The second-order valence-corrected chi connectivity index (χ2v) is 5.56. The fourth-order valence-electron chi connectivity index (χ4n) is 1.47. The van der Waals surface area contributed by atoms with E-state index in [4.69, 9.17) is 15.7 Å². The lowest BCUT2D eigenvalue weighted by Gasteiger charge is -2.24. The van der Waals surface area contributed by atoms with Crippen molar-refractivity contribution in [1.82, 2.24) is 0 Å². The van der Waals surface area contributed by atoms with Gasteiger partial charge in [0.1, 0.15) is 17.9 Å². The van der Waals surface area contributed by atoms with Gasteiger partial charge in [-0.3, -0.25) is 0 Å². The van der Waals surface area contributed by atoms with E-state index >= 15 is 0 Å². The van der Waals surface area contributed by atoms with E-state index in [0.29, 0.717) is 0 Å². The molecule has 0 saturated carbocycles. The molecule has 0 radical (unpaired) electrons. The molecule has 0 amide bonds. The molecule has 1 atom stereocenters. The molecule has 92 valence electrons. The summed E-state index contributed by atoms with van der Waals surface area (Å²) in [5.41, 5.74) is 5.91. The van der Waals surface area contributed by atoms with Crippen molar-refractivity contribution in [2.75, 3.05) is 6.61 Å². The minimum absolute atomic E-state index is 0.00817. The number of para-hydroxylation sites is 1. The summed E-state index contributed by atoms with van der Waals surface area (Å²) in [6.45, 7) is 8.23. The van der Waals surface area contributed by atoms with Gasteiger partial charge in [0.05, 0.1) is 6.07 Å². The third-order valence-electron chi connectivity index (χ3n) is 2.48. The van der Waals surface area contributed by atoms with Gasteiger partial charge in [0.2, 0.25) is 0 Å². The van der Waals surface area contributed by atoms with Crippen molar-refractivity contribution in [3.8, 4) is 11.8 Å². The van der Waals surface area contributed by atoms with Gasteiger partial charge in [-0.1, -0.05) is 39.0 Å². The van der Waals surface area contributed by atoms with E-state index in [1.165, 1.54) is 0 Å². The van der Waals surface area contributed by atoms with Gasteiger partial charge in [-0.15, -0.1) is 0 Å². The summed E-state index contributed by atoms with van der Waals surface area (Å²) in [6.07, 6.45) is 0. The van der Waals surface area contributed by atoms with E-state index in [1.807, 2.05) is 30.3 Å². The van der Waals surface area contributed by atoms with Crippen LogP contribution in [0.15, 0.2) is 24.3 Å². The van der Waals surface area contributed by atoms with Crippen LogP contribution in [0, 0.1) is 11.3 Å². The summed E-state index contributed by atoms with van der Waals surface area (Å²) in [4.78, 5) is 0. The van der Waals surface area contributed by atoms with Gasteiger partial charge in [0, 0.05) is 0 Å². The third-order valence-corrected chi connectivity index (χ3v) is 2.48. The summed E-state index contributed by atoms with van der Waals surface area (Å²) < 4.78 is 5.67. The van der Waals surface area contributed by atoms with Crippen LogP contribution in [0.25, 0.3) is 0 Å². The van der Waals surface area contributed by atoms with Crippen molar-refractivity contribution in [3.63, 3.8) is 0 Å². The van der Waals surface area contributed by atoms with Crippen LogP contribution in [-0.2, 0) is 5.41 Å². The molecule has 0 fully saturated rings. The van der Waals surface area contributed by atoms with E-state index in [0.717, 1.165) is 11.3 Å². The number of nitrogens with zero attached hydrogens (tertiary/aromatic N) is 1. The Balaban J connectivity index is 2.90. The van der Waals surface area contributed by atoms with Crippen molar-refractivity contribution in [1.29, 1.82) is 5.26 Å². The third kappa shape index (κ3) is 3.76. The number of hydrogen-bond donors (Lipinski definition) is 1. The van der Waals surface area contributed by atoms with Crippen LogP contribution in [0.3, 0.4) is 0 Å². The quantitative estimate of drug-likeness (QED) is 0.871. The van der Waals surface area contributed by atoms with Crippen LogP contribution < -0.4 is 10.5 Å². The van der Waals surface area contributed by atoms with Crippen LogP contribution in [-0.4, -0.2) is 12.1 Å². The lowest BCUT2D eigenvalue weighted by molar-refractivity contribution is 0.259. The summed E-state index contributed by atoms with van der Waals surface area (Å²) in [7, 11) is 0. The predicted molar refractivity (Wildman–Crippen MR) is 68.8 cm³/mol. The highest BCUT2D eigenvalue weighted by Crippen LogP contribution is 2.31. The molecule has 0 aliphatic heterocycles. The molecule has 0 aliphatic rings. The minimum atomic E-state index is -0.953. The van der Waals surface area contributed by atoms with Crippen LogP contribution in [0.5, 0.6) is 5.75 Å². The lowest BCUT2D eigenvalue weighted by atomic mass is 9.86. The van der Waals surface area contributed by atoms with Gasteiger partial charge in [-0.2, -0.15) is 5.26 Å². The Morgan fingerprint density at radius 1 is 1.24 bits per heavy atom. The molecule has 3 heteroatoms. The van der Waals surface area contributed by atoms with Crippen LogP contribution in [0.2, 0.25) is 0 Å². The summed E-state index contributed by atoms with van der Waals surface area (Å²) in [5.74, 6) is 0.798. The fourth-order valence-corrected chi connectivity index (χ4v) is 1.47. The smallest absolute Gasteiger partial charge is 0.135 e. The first-order valence-electron chi connectivity index (χ1n) is 5.69. The number of benzene rings is 1. The molecule has 0 aliphatic carbocycles. The van der Waals surface area contributed by atoms with Gasteiger partial charge >= 0.3 is 0 Å². The van der Waals surface area contributed by atoms with Gasteiger partial charge in [-0.25, -0.2) is 0 Å². The molecule has 1 unspecified atom stereocenters. The maximum atomic E-state index is 8.85. The van der Waals surface area contributed by atoms with Crippen LogP contribution in [0.4, 0.5) is 0 Å². The van der Waals surface area contributed by atoms with E-state index in [9.17, 15) is 0 Å². The molecular formula is C14H20N2O. The van der Waals surface area contributed by atoms with E-state index in [1.54, 1.807) is 6.92 Å². The number of nitriles is 1. The first-order chi connectivity index (χ1) is 7.76.